The number of aryl methyl sites for hydroxylation is 1. The van der Waals surface area contributed by atoms with Crippen molar-refractivity contribution in [1.82, 2.24) is 14.5 Å². The third-order valence-corrected chi connectivity index (χ3v) is 3.04. The lowest BCUT2D eigenvalue weighted by atomic mass is 10.2. The second-order valence-electron chi connectivity index (χ2n) is 5.15. The van der Waals surface area contributed by atoms with E-state index in [0.717, 1.165) is 5.56 Å². The second kappa shape index (κ2) is 6.87. The van der Waals surface area contributed by atoms with Gasteiger partial charge < -0.3 is 9.64 Å². The number of carbonyl (C=O) groups excluding carboxylic acids is 1. The zero-order chi connectivity index (χ0) is 17.0. The van der Waals surface area contributed by atoms with Gasteiger partial charge >= 0.3 is 5.97 Å². The summed E-state index contributed by atoms with van der Waals surface area (Å²) in [4.78, 5) is 34.4. The van der Waals surface area contributed by atoms with Gasteiger partial charge in [0, 0.05) is 14.1 Å². The number of hydrogen-bond acceptors (Lipinski definition) is 5. The van der Waals surface area contributed by atoms with Crippen LogP contribution in [0.25, 0.3) is 5.69 Å². The zero-order valence-corrected chi connectivity index (χ0v) is 13.5. The topological polar surface area (TPSA) is 76.8 Å². The minimum Gasteiger partial charge on any atom is -0.465 e. The monoisotopic (exact) mass is 314 g/mol. The van der Waals surface area contributed by atoms with Crippen LogP contribution in [0.2, 0.25) is 0 Å². The predicted octanol–water partition coefficient (Wildman–Crippen LogP) is 1.55. The molecule has 0 saturated carbocycles. The third kappa shape index (κ3) is 3.63. The molecule has 1 aromatic carbocycles. The van der Waals surface area contributed by atoms with Crippen molar-refractivity contribution in [2.45, 2.75) is 6.92 Å². The number of carbonyl (C=O) groups is 1. The molecule has 0 aliphatic rings. The molecule has 2 rings (SSSR count). The molecule has 23 heavy (non-hydrogen) atoms. The molecule has 0 aliphatic carbocycles. The van der Waals surface area contributed by atoms with Gasteiger partial charge in [-0.1, -0.05) is 17.7 Å². The van der Waals surface area contributed by atoms with Gasteiger partial charge in [-0.25, -0.2) is 19.3 Å². The average Bonchev–Trinajstić information content (AvgIpc) is 2.53. The Morgan fingerprint density at radius 3 is 2.52 bits per heavy atom. The van der Waals surface area contributed by atoms with E-state index in [1.54, 1.807) is 31.1 Å². The first-order valence-corrected chi connectivity index (χ1v) is 6.92. The molecule has 2 aromatic rings. The molecular formula is C16H18N4O3. The van der Waals surface area contributed by atoms with E-state index in [-0.39, 0.29) is 11.5 Å². The molecule has 1 aromatic heterocycles. The van der Waals surface area contributed by atoms with E-state index in [1.165, 1.54) is 24.2 Å². The normalized spacial score (nSPS) is 10.8. The number of aromatic nitrogens is 2. The molecule has 0 unspecified atom stereocenters. The largest absolute Gasteiger partial charge is 0.465 e. The molecule has 1 heterocycles. The van der Waals surface area contributed by atoms with Crippen LogP contribution in [0.15, 0.2) is 40.2 Å². The Balaban J connectivity index is 2.69. The van der Waals surface area contributed by atoms with Gasteiger partial charge in [0.05, 0.1) is 25.3 Å². The smallest absolute Gasteiger partial charge is 0.345 e. The fourth-order valence-corrected chi connectivity index (χ4v) is 1.88. The molecule has 7 heteroatoms. The highest BCUT2D eigenvalue weighted by Crippen LogP contribution is 2.15. The summed E-state index contributed by atoms with van der Waals surface area (Å²) in [5.74, 6) is -0.549. The SMILES string of the molecule is COC(=O)c1cnc(/N=C/N(C)C)n(-c2ccc(C)cc2)c1=O. The number of methoxy groups -OCH3 is 1. The van der Waals surface area contributed by atoms with Crippen LogP contribution in [0.4, 0.5) is 5.95 Å². The van der Waals surface area contributed by atoms with E-state index in [1.807, 2.05) is 19.1 Å². The first-order chi connectivity index (χ1) is 10.9. The van der Waals surface area contributed by atoms with Gasteiger partial charge in [0.1, 0.15) is 5.56 Å². The van der Waals surface area contributed by atoms with Crippen LogP contribution < -0.4 is 5.56 Å². The minimum atomic E-state index is -0.730. The van der Waals surface area contributed by atoms with Crippen LogP contribution in [0.1, 0.15) is 15.9 Å². The van der Waals surface area contributed by atoms with E-state index < -0.39 is 11.5 Å². The number of esters is 1. The Bertz CT molecular complexity index is 792. The quantitative estimate of drug-likeness (QED) is 0.486. The molecule has 0 spiro atoms. The molecular weight excluding hydrogens is 296 g/mol. The maximum Gasteiger partial charge on any atom is 0.345 e. The van der Waals surface area contributed by atoms with E-state index in [4.69, 9.17) is 0 Å². The van der Waals surface area contributed by atoms with Gasteiger partial charge in [0.2, 0.25) is 5.95 Å². The molecule has 0 bridgehead atoms. The number of hydrogen-bond donors (Lipinski definition) is 0. The van der Waals surface area contributed by atoms with Crippen molar-refractivity contribution in [3.05, 3.63) is 51.9 Å². The lowest BCUT2D eigenvalue weighted by molar-refractivity contribution is 0.0598. The van der Waals surface area contributed by atoms with E-state index in [2.05, 4.69) is 14.7 Å². The lowest BCUT2D eigenvalue weighted by Gasteiger charge is -2.11. The summed E-state index contributed by atoms with van der Waals surface area (Å²) < 4.78 is 5.91. The average molecular weight is 314 g/mol. The van der Waals surface area contributed by atoms with Crippen LogP contribution in [-0.4, -0.2) is 48.0 Å². The van der Waals surface area contributed by atoms with Gasteiger partial charge in [0.15, 0.2) is 0 Å². The number of rotatable bonds is 4. The van der Waals surface area contributed by atoms with E-state index >= 15 is 0 Å². The third-order valence-electron chi connectivity index (χ3n) is 3.04. The lowest BCUT2D eigenvalue weighted by Crippen LogP contribution is -2.27. The van der Waals surface area contributed by atoms with Crippen molar-refractivity contribution in [3.63, 3.8) is 0 Å². The number of benzene rings is 1. The van der Waals surface area contributed by atoms with E-state index in [9.17, 15) is 9.59 Å². The van der Waals surface area contributed by atoms with Crippen LogP contribution in [0, 0.1) is 6.92 Å². The maximum absolute atomic E-state index is 12.7. The molecule has 0 atom stereocenters. The summed E-state index contributed by atoms with van der Waals surface area (Å²) in [7, 11) is 4.83. The van der Waals surface area contributed by atoms with Crippen molar-refractivity contribution in [2.24, 2.45) is 4.99 Å². The van der Waals surface area contributed by atoms with E-state index in [0.29, 0.717) is 5.69 Å². The Kier molecular flexibility index (Phi) is 4.90. The van der Waals surface area contributed by atoms with Crippen molar-refractivity contribution in [1.29, 1.82) is 0 Å². The van der Waals surface area contributed by atoms with Crippen LogP contribution in [0.3, 0.4) is 0 Å². The predicted molar refractivity (Wildman–Crippen MR) is 87.7 cm³/mol. The van der Waals surface area contributed by atoms with Crippen LogP contribution >= 0.6 is 0 Å². The summed E-state index contributed by atoms with van der Waals surface area (Å²) in [6, 6.07) is 7.28. The maximum atomic E-state index is 12.7. The summed E-state index contributed by atoms with van der Waals surface area (Å²) in [5.41, 5.74) is 0.959. The molecule has 0 saturated heterocycles. The summed E-state index contributed by atoms with van der Waals surface area (Å²) in [6.07, 6.45) is 2.71. The van der Waals surface area contributed by atoms with Crippen molar-refractivity contribution in [2.75, 3.05) is 21.2 Å². The van der Waals surface area contributed by atoms with Crippen molar-refractivity contribution >= 4 is 18.3 Å². The fraction of sp³-hybridized carbons (Fsp3) is 0.250. The first kappa shape index (κ1) is 16.4. The summed E-state index contributed by atoms with van der Waals surface area (Å²) >= 11 is 0. The molecule has 0 amide bonds. The summed E-state index contributed by atoms with van der Waals surface area (Å²) in [5, 5.41) is 0. The highest BCUT2D eigenvalue weighted by Gasteiger charge is 2.17. The molecule has 7 nitrogen and oxygen atoms in total. The Morgan fingerprint density at radius 1 is 1.30 bits per heavy atom. The standard InChI is InChI=1S/C16H18N4O3/c1-11-5-7-12(8-6-11)20-14(21)13(15(22)23-4)9-17-16(20)18-10-19(2)3/h5-10H,1-4H3/b18-10+. The van der Waals surface area contributed by atoms with Gasteiger partial charge in [-0.2, -0.15) is 0 Å². The Hall–Kier alpha value is -2.96. The van der Waals surface area contributed by atoms with Crippen molar-refractivity contribution in [3.8, 4) is 5.69 Å². The van der Waals surface area contributed by atoms with Gasteiger partial charge in [-0.15, -0.1) is 0 Å². The number of aliphatic imine (C=N–C) groups is 1. The molecule has 120 valence electrons. The molecule has 0 radical (unpaired) electrons. The van der Waals surface area contributed by atoms with Crippen LogP contribution in [0.5, 0.6) is 0 Å². The van der Waals surface area contributed by atoms with Gasteiger partial charge in [-0.05, 0) is 19.1 Å². The van der Waals surface area contributed by atoms with Crippen molar-refractivity contribution < 1.29 is 9.53 Å². The zero-order valence-electron chi connectivity index (χ0n) is 13.5. The van der Waals surface area contributed by atoms with Gasteiger partial charge in [-0.3, -0.25) is 4.79 Å². The summed E-state index contributed by atoms with van der Waals surface area (Å²) in [6.45, 7) is 1.95. The fourth-order valence-electron chi connectivity index (χ4n) is 1.88. The first-order valence-electron chi connectivity index (χ1n) is 6.92. The second-order valence-corrected chi connectivity index (χ2v) is 5.15. The molecule has 0 fully saturated rings. The Labute approximate surface area is 133 Å². The number of nitrogens with zero attached hydrogens (tertiary/aromatic N) is 4. The molecule has 0 N–H and O–H groups in total. The van der Waals surface area contributed by atoms with Gasteiger partial charge in [0.25, 0.3) is 5.56 Å². The number of ether oxygens (including phenoxy) is 1. The van der Waals surface area contributed by atoms with Crippen LogP contribution in [-0.2, 0) is 4.74 Å². The molecule has 0 aliphatic heterocycles. The Morgan fingerprint density at radius 2 is 1.96 bits per heavy atom. The highest BCUT2D eigenvalue weighted by atomic mass is 16.5. The highest BCUT2D eigenvalue weighted by molar-refractivity contribution is 5.88. The minimum absolute atomic E-state index is 0.142.